The van der Waals surface area contributed by atoms with Crippen LogP contribution in [0.2, 0.25) is 0 Å². The van der Waals surface area contributed by atoms with Crippen LogP contribution in [0, 0.1) is 12.8 Å². The average molecular weight is 373 g/mol. The van der Waals surface area contributed by atoms with Crippen LogP contribution in [0.1, 0.15) is 50.9 Å². The zero-order valence-electron chi connectivity index (χ0n) is 17.5. The molecule has 5 heteroatoms. The van der Waals surface area contributed by atoms with Crippen molar-refractivity contribution in [1.29, 1.82) is 0 Å². The molecule has 27 heavy (non-hydrogen) atoms. The van der Waals surface area contributed by atoms with E-state index in [0.717, 1.165) is 51.3 Å². The summed E-state index contributed by atoms with van der Waals surface area (Å²) in [5.74, 6) is 0.561. The van der Waals surface area contributed by atoms with Gasteiger partial charge >= 0.3 is 0 Å². The maximum absolute atomic E-state index is 12.6. The number of carbonyl (C=O) groups is 1. The topological polar surface area (TPSA) is 39.7 Å². The van der Waals surface area contributed by atoms with E-state index in [0.29, 0.717) is 18.0 Å². The second kappa shape index (κ2) is 9.16. The second-order valence-corrected chi connectivity index (χ2v) is 8.63. The van der Waals surface area contributed by atoms with E-state index in [1.807, 2.05) is 11.9 Å². The number of carbonyl (C=O) groups excluding carboxylic acids is 1. The molecule has 5 nitrogen and oxygen atoms in total. The van der Waals surface area contributed by atoms with Crippen molar-refractivity contribution in [3.8, 4) is 0 Å². The first-order valence-electron chi connectivity index (χ1n) is 10.6. The first-order chi connectivity index (χ1) is 12.9. The zero-order valence-corrected chi connectivity index (χ0v) is 17.5. The zero-order chi connectivity index (χ0) is 19.4. The van der Waals surface area contributed by atoms with Gasteiger partial charge in [-0.3, -0.25) is 14.7 Å². The number of amides is 1. The molecule has 0 atom stereocenters. The Hall–Kier alpha value is -1.46. The highest BCUT2D eigenvalue weighted by Gasteiger charge is 2.32. The SMILES string of the molecule is Cc1cccc(CN2CCC(N3CCC(C(=O)N(C)C(C)C)CC3)CC2)n1. The van der Waals surface area contributed by atoms with Gasteiger partial charge in [-0.2, -0.15) is 0 Å². The van der Waals surface area contributed by atoms with Crippen LogP contribution < -0.4 is 0 Å². The summed E-state index contributed by atoms with van der Waals surface area (Å²) in [6.07, 6.45) is 4.50. The molecule has 0 N–H and O–H groups in total. The van der Waals surface area contributed by atoms with Crippen LogP contribution in [-0.2, 0) is 11.3 Å². The molecule has 0 saturated carbocycles. The quantitative estimate of drug-likeness (QED) is 0.797. The first kappa shape index (κ1) is 20.3. The van der Waals surface area contributed by atoms with E-state index in [2.05, 4.69) is 53.8 Å². The first-order valence-corrected chi connectivity index (χ1v) is 10.6. The lowest BCUT2D eigenvalue weighted by Gasteiger charge is -2.42. The van der Waals surface area contributed by atoms with Gasteiger partial charge in [-0.25, -0.2) is 0 Å². The van der Waals surface area contributed by atoms with Crippen LogP contribution in [0.4, 0.5) is 0 Å². The summed E-state index contributed by atoms with van der Waals surface area (Å²) < 4.78 is 0. The fraction of sp³-hybridized carbons (Fsp3) is 0.727. The predicted molar refractivity (Wildman–Crippen MR) is 109 cm³/mol. The predicted octanol–water partition coefficient (Wildman–Crippen LogP) is 2.93. The van der Waals surface area contributed by atoms with Crippen LogP contribution in [-0.4, -0.2) is 70.9 Å². The van der Waals surface area contributed by atoms with Crippen molar-refractivity contribution in [3.63, 3.8) is 0 Å². The Bertz CT molecular complexity index is 616. The minimum atomic E-state index is 0.223. The van der Waals surface area contributed by atoms with E-state index in [1.165, 1.54) is 18.5 Å². The van der Waals surface area contributed by atoms with Crippen molar-refractivity contribution in [2.75, 3.05) is 33.2 Å². The minimum Gasteiger partial charge on any atom is -0.343 e. The summed E-state index contributed by atoms with van der Waals surface area (Å²) in [4.78, 5) is 24.3. The van der Waals surface area contributed by atoms with Crippen molar-refractivity contribution in [1.82, 2.24) is 19.7 Å². The van der Waals surface area contributed by atoms with Gasteiger partial charge in [0.05, 0.1) is 5.69 Å². The Balaban J connectivity index is 1.42. The second-order valence-electron chi connectivity index (χ2n) is 8.63. The standard InChI is InChI=1S/C22H36N4O/c1-17(2)24(4)22(27)19-8-14-26(15-9-19)21-10-12-25(13-11-21)16-20-7-5-6-18(3)23-20/h5-7,17,19,21H,8-16H2,1-4H3. The summed E-state index contributed by atoms with van der Waals surface area (Å²) >= 11 is 0. The van der Waals surface area contributed by atoms with Crippen LogP contribution in [0.25, 0.3) is 0 Å². The summed E-state index contributed by atoms with van der Waals surface area (Å²) in [7, 11) is 1.94. The number of nitrogens with zero attached hydrogens (tertiary/aromatic N) is 4. The molecule has 2 aliphatic heterocycles. The van der Waals surface area contributed by atoms with Crippen LogP contribution in [0.3, 0.4) is 0 Å². The Labute approximate surface area is 164 Å². The molecule has 2 saturated heterocycles. The van der Waals surface area contributed by atoms with Crippen molar-refractivity contribution >= 4 is 5.91 Å². The molecular formula is C22H36N4O. The van der Waals surface area contributed by atoms with E-state index < -0.39 is 0 Å². The Kier molecular flexibility index (Phi) is 6.88. The van der Waals surface area contributed by atoms with E-state index >= 15 is 0 Å². The van der Waals surface area contributed by atoms with Gasteiger partial charge in [-0.15, -0.1) is 0 Å². The molecule has 1 aromatic rings. The van der Waals surface area contributed by atoms with E-state index in [9.17, 15) is 4.79 Å². The minimum absolute atomic E-state index is 0.223. The Morgan fingerprint density at radius 3 is 2.41 bits per heavy atom. The van der Waals surface area contributed by atoms with E-state index in [-0.39, 0.29) is 5.92 Å². The Morgan fingerprint density at radius 2 is 1.81 bits per heavy atom. The fourth-order valence-corrected chi connectivity index (χ4v) is 4.41. The normalized spacial score (nSPS) is 20.9. The molecule has 2 aliphatic rings. The maximum atomic E-state index is 12.6. The van der Waals surface area contributed by atoms with Crippen LogP contribution in [0.5, 0.6) is 0 Å². The van der Waals surface area contributed by atoms with Gasteiger partial charge in [0.2, 0.25) is 5.91 Å². The number of rotatable bonds is 5. The summed E-state index contributed by atoms with van der Waals surface area (Å²) in [5.41, 5.74) is 2.28. The van der Waals surface area contributed by atoms with Gasteiger partial charge in [-0.1, -0.05) is 6.07 Å². The lowest BCUT2D eigenvalue weighted by atomic mass is 9.92. The molecule has 0 spiro atoms. The van der Waals surface area contributed by atoms with Crippen LogP contribution >= 0.6 is 0 Å². The lowest BCUT2D eigenvalue weighted by molar-refractivity contribution is -0.137. The average Bonchev–Trinajstić information content (AvgIpc) is 2.67. The van der Waals surface area contributed by atoms with Gasteiger partial charge < -0.3 is 9.80 Å². The molecule has 3 heterocycles. The molecule has 150 valence electrons. The number of aromatic nitrogens is 1. The van der Waals surface area contributed by atoms with Crippen molar-refractivity contribution in [2.24, 2.45) is 5.92 Å². The smallest absolute Gasteiger partial charge is 0.225 e. The van der Waals surface area contributed by atoms with E-state index in [4.69, 9.17) is 0 Å². The van der Waals surface area contributed by atoms with Crippen LogP contribution in [0.15, 0.2) is 18.2 Å². The molecule has 0 bridgehead atoms. The van der Waals surface area contributed by atoms with Gasteiger partial charge in [0.25, 0.3) is 0 Å². The third-order valence-electron chi connectivity index (χ3n) is 6.41. The summed E-state index contributed by atoms with van der Waals surface area (Å²) in [6.45, 7) is 11.7. The largest absolute Gasteiger partial charge is 0.343 e. The van der Waals surface area contributed by atoms with Gasteiger partial charge in [0.1, 0.15) is 0 Å². The van der Waals surface area contributed by atoms with Crippen molar-refractivity contribution < 1.29 is 4.79 Å². The number of hydrogen-bond acceptors (Lipinski definition) is 4. The molecule has 1 aromatic heterocycles. The molecule has 0 aliphatic carbocycles. The number of likely N-dealkylation sites (tertiary alicyclic amines) is 2. The number of hydrogen-bond donors (Lipinski definition) is 0. The molecule has 2 fully saturated rings. The molecule has 0 radical (unpaired) electrons. The van der Waals surface area contributed by atoms with E-state index in [1.54, 1.807) is 0 Å². The summed E-state index contributed by atoms with van der Waals surface area (Å²) in [5, 5.41) is 0. The number of pyridine rings is 1. The monoisotopic (exact) mass is 372 g/mol. The van der Waals surface area contributed by atoms with Gasteiger partial charge in [0, 0.05) is 50.4 Å². The van der Waals surface area contributed by atoms with Crippen molar-refractivity contribution in [3.05, 3.63) is 29.6 Å². The summed E-state index contributed by atoms with van der Waals surface area (Å²) in [6, 6.07) is 7.28. The highest BCUT2D eigenvalue weighted by atomic mass is 16.2. The van der Waals surface area contributed by atoms with Gasteiger partial charge in [-0.05, 0) is 71.7 Å². The molecule has 1 amide bonds. The maximum Gasteiger partial charge on any atom is 0.225 e. The van der Waals surface area contributed by atoms with Crippen molar-refractivity contribution in [2.45, 2.75) is 65.1 Å². The third-order valence-corrected chi connectivity index (χ3v) is 6.41. The van der Waals surface area contributed by atoms with Gasteiger partial charge in [0.15, 0.2) is 0 Å². The number of aryl methyl sites for hydroxylation is 1. The highest BCUT2D eigenvalue weighted by Crippen LogP contribution is 2.25. The Morgan fingerprint density at radius 1 is 1.15 bits per heavy atom. The molecule has 0 unspecified atom stereocenters. The third kappa shape index (κ3) is 5.29. The molecule has 0 aromatic carbocycles. The highest BCUT2D eigenvalue weighted by molar-refractivity contribution is 5.78. The molecule has 3 rings (SSSR count). The number of piperidine rings is 2. The fourth-order valence-electron chi connectivity index (χ4n) is 4.41. The lowest BCUT2D eigenvalue weighted by Crippen LogP contribution is -2.49. The molecular weight excluding hydrogens is 336 g/mol.